The highest BCUT2D eigenvalue weighted by atomic mass is 16.5. The Balaban J connectivity index is 1.53. The highest BCUT2D eigenvalue weighted by Crippen LogP contribution is 2.19. The number of likely N-dealkylation sites (N-methyl/N-ethyl adjacent to an activating group) is 1. The number of aryl methyl sites for hydroxylation is 2. The van der Waals surface area contributed by atoms with E-state index in [1.54, 1.807) is 16.5 Å². The summed E-state index contributed by atoms with van der Waals surface area (Å²) in [5, 5.41) is 4.20. The van der Waals surface area contributed by atoms with E-state index in [-0.39, 0.29) is 5.91 Å². The molecule has 0 N–H and O–H groups in total. The molecule has 0 radical (unpaired) electrons. The molecule has 0 aliphatic rings. The first kappa shape index (κ1) is 20.5. The lowest BCUT2D eigenvalue weighted by Crippen LogP contribution is -2.31. The third-order valence-electron chi connectivity index (χ3n) is 5.02. The fourth-order valence-electron chi connectivity index (χ4n) is 3.33. The largest absolute Gasteiger partial charge is 0.491 e. The predicted octanol–water partition coefficient (Wildman–Crippen LogP) is 2.94. The highest BCUT2D eigenvalue weighted by molar-refractivity contribution is 5.76. The lowest BCUT2D eigenvalue weighted by atomic mass is 10.1. The zero-order chi connectivity index (χ0) is 20.8. The number of fused-ring (bicyclic) bond motifs is 1. The average Bonchev–Trinajstić information content (AvgIpc) is 3.17. The van der Waals surface area contributed by atoms with Crippen molar-refractivity contribution in [3.8, 4) is 5.75 Å². The van der Waals surface area contributed by atoms with Crippen LogP contribution < -0.4 is 4.74 Å². The Labute approximate surface area is 171 Å². The van der Waals surface area contributed by atoms with E-state index in [1.807, 2.05) is 44.2 Å². The second-order valence-electron chi connectivity index (χ2n) is 7.00. The topological polar surface area (TPSA) is 72.6 Å². The van der Waals surface area contributed by atoms with E-state index in [9.17, 15) is 4.79 Å². The van der Waals surface area contributed by atoms with Gasteiger partial charge >= 0.3 is 0 Å². The van der Waals surface area contributed by atoms with Gasteiger partial charge in [0.15, 0.2) is 0 Å². The summed E-state index contributed by atoms with van der Waals surface area (Å²) in [7, 11) is 1.81. The van der Waals surface area contributed by atoms with Gasteiger partial charge < -0.3 is 9.64 Å². The van der Waals surface area contributed by atoms with Gasteiger partial charge in [-0.05, 0) is 43.9 Å². The summed E-state index contributed by atoms with van der Waals surface area (Å²) in [6, 6.07) is 7.90. The normalized spacial score (nSPS) is 10.9. The van der Waals surface area contributed by atoms with Crippen LogP contribution in [0, 0.1) is 13.8 Å². The second kappa shape index (κ2) is 9.32. The van der Waals surface area contributed by atoms with Crippen molar-refractivity contribution in [3.63, 3.8) is 0 Å². The van der Waals surface area contributed by atoms with Gasteiger partial charge in [0.05, 0.1) is 6.54 Å². The van der Waals surface area contributed by atoms with Crippen molar-refractivity contribution in [2.24, 2.45) is 0 Å². The molecule has 0 atom stereocenters. The number of rotatable bonds is 9. The number of aromatic nitrogens is 4. The van der Waals surface area contributed by atoms with Gasteiger partial charge in [0.1, 0.15) is 18.7 Å². The third-order valence-corrected chi connectivity index (χ3v) is 5.02. The Morgan fingerprint density at radius 3 is 2.90 bits per heavy atom. The molecule has 29 heavy (non-hydrogen) atoms. The lowest BCUT2D eigenvalue weighted by molar-refractivity contribution is -0.130. The maximum absolute atomic E-state index is 12.6. The molecule has 0 spiro atoms. The van der Waals surface area contributed by atoms with Crippen LogP contribution in [0.25, 0.3) is 5.78 Å². The van der Waals surface area contributed by atoms with E-state index >= 15 is 0 Å². The van der Waals surface area contributed by atoms with E-state index in [2.05, 4.69) is 21.6 Å². The quantitative estimate of drug-likeness (QED) is 0.523. The number of allylic oxidation sites excluding steroid dienone is 1. The van der Waals surface area contributed by atoms with Crippen molar-refractivity contribution in [2.75, 3.05) is 20.2 Å². The van der Waals surface area contributed by atoms with Crippen molar-refractivity contribution in [1.29, 1.82) is 0 Å². The van der Waals surface area contributed by atoms with E-state index in [4.69, 9.17) is 4.74 Å². The van der Waals surface area contributed by atoms with E-state index in [0.717, 1.165) is 34.7 Å². The fraction of sp³-hybridized carbons (Fsp3) is 0.364. The van der Waals surface area contributed by atoms with Gasteiger partial charge in [-0.3, -0.25) is 4.79 Å². The minimum absolute atomic E-state index is 0.0745. The predicted molar refractivity (Wildman–Crippen MR) is 112 cm³/mol. The van der Waals surface area contributed by atoms with Crippen LogP contribution in [-0.4, -0.2) is 50.6 Å². The molecule has 0 bridgehead atoms. The summed E-state index contributed by atoms with van der Waals surface area (Å²) in [5.74, 6) is 1.50. The maximum Gasteiger partial charge on any atom is 0.252 e. The Kier molecular flexibility index (Phi) is 6.59. The molecule has 3 rings (SSSR count). The van der Waals surface area contributed by atoms with Gasteiger partial charge in [0.25, 0.3) is 5.78 Å². The SMILES string of the molecule is C=CCc1ccccc1OCCN(C)C(=O)CCc1c(C)nc2ncnn2c1C. The molecular formula is C22H27N5O2. The van der Waals surface area contributed by atoms with E-state index in [1.165, 1.54) is 6.33 Å². The molecule has 0 fully saturated rings. The van der Waals surface area contributed by atoms with Crippen LogP contribution in [0.3, 0.4) is 0 Å². The molecule has 1 aromatic carbocycles. The van der Waals surface area contributed by atoms with Gasteiger partial charge in [0.2, 0.25) is 5.91 Å². The monoisotopic (exact) mass is 393 g/mol. The minimum Gasteiger partial charge on any atom is -0.491 e. The van der Waals surface area contributed by atoms with Crippen molar-refractivity contribution in [1.82, 2.24) is 24.5 Å². The zero-order valence-electron chi connectivity index (χ0n) is 17.3. The molecule has 2 aromatic heterocycles. The first-order chi connectivity index (χ1) is 14.0. The Hall–Kier alpha value is -3.22. The van der Waals surface area contributed by atoms with Crippen LogP contribution in [0.15, 0.2) is 43.2 Å². The number of hydrogen-bond acceptors (Lipinski definition) is 5. The number of hydrogen-bond donors (Lipinski definition) is 0. The molecule has 1 amide bonds. The fourth-order valence-corrected chi connectivity index (χ4v) is 3.33. The molecule has 0 saturated carbocycles. The van der Waals surface area contributed by atoms with Gasteiger partial charge in [0, 0.05) is 24.9 Å². The first-order valence-electron chi connectivity index (χ1n) is 9.72. The van der Waals surface area contributed by atoms with Gasteiger partial charge in [-0.15, -0.1) is 6.58 Å². The number of amides is 1. The zero-order valence-corrected chi connectivity index (χ0v) is 17.3. The standard InChI is InChI=1S/C22H27N5O2/c1-5-8-18-9-6-7-10-20(18)29-14-13-26(4)21(28)12-11-19-16(2)25-22-23-15-24-27(22)17(19)3/h5-7,9-10,15H,1,8,11-14H2,2-4H3. The summed E-state index contributed by atoms with van der Waals surface area (Å²) >= 11 is 0. The van der Waals surface area contributed by atoms with Crippen LogP contribution in [0.4, 0.5) is 0 Å². The molecule has 0 aliphatic heterocycles. The summed E-state index contributed by atoms with van der Waals surface area (Å²) in [5.41, 5.74) is 4.00. The lowest BCUT2D eigenvalue weighted by Gasteiger charge is -2.19. The molecule has 2 heterocycles. The minimum atomic E-state index is 0.0745. The van der Waals surface area contributed by atoms with Crippen LogP contribution in [0.1, 0.15) is 28.9 Å². The Morgan fingerprint density at radius 2 is 2.10 bits per heavy atom. The molecule has 0 unspecified atom stereocenters. The van der Waals surface area contributed by atoms with Crippen LogP contribution >= 0.6 is 0 Å². The highest BCUT2D eigenvalue weighted by Gasteiger charge is 2.15. The number of nitrogens with zero attached hydrogens (tertiary/aromatic N) is 5. The summed E-state index contributed by atoms with van der Waals surface area (Å²) in [4.78, 5) is 22.9. The molecule has 152 valence electrons. The molecule has 3 aromatic rings. The smallest absolute Gasteiger partial charge is 0.252 e. The second-order valence-corrected chi connectivity index (χ2v) is 7.00. The molecule has 0 aliphatic carbocycles. The number of carbonyl (C=O) groups excluding carboxylic acids is 1. The third kappa shape index (κ3) is 4.80. The molecule has 0 saturated heterocycles. The number of benzene rings is 1. The van der Waals surface area contributed by atoms with Crippen molar-refractivity contribution in [2.45, 2.75) is 33.1 Å². The number of ether oxygens (including phenoxy) is 1. The van der Waals surface area contributed by atoms with Crippen molar-refractivity contribution >= 4 is 11.7 Å². The maximum atomic E-state index is 12.6. The summed E-state index contributed by atoms with van der Waals surface area (Å²) < 4.78 is 7.59. The van der Waals surface area contributed by atoms with E-state index in [0.29, 0.717) is 31.8 Å². The Bertz CT molecular complexity index is 1010. The van der Waals surface area contributed by atoms with Gasteiger partial charge in [-0.2, -0.15) is 10.1 Å². The van der Waals surface area contributed by atoms with Gasteiger partial charge in [-0.1, -0.05) is 24.3 Å². The number of carbonyl (C=O) groups is 1. The Morgan fingerprint density at radius 1 is 1.31 bits per heavy atom. The van der Waals surface area contributed by atoms with Crippen LogP contribution in [0.5, 0.6) is 5.75 Å². The molecular weight excluding hydrogens is 366 g/mol. The average molecular weight is 393 g/mol. The molecule has 7 heteroatoms. The first-order valence-corrected chi connectivity index (χ1v) is 9.72. The van der Waals surface area contributed by atoms with Gasteiger partial charge in [-0.25, -0.2) is 9.50 Å². The van der Waals surface area contributed by atoms with Crippen molar-refractivity contribution < 1.29 is 9.53 Å². The van der Waals surface area contributed by atoms with Crippen molar-refractivity contribution in [3.05, 3.63) is 65.8 Å². The van der Waals surface area contributed by atoms with Crippen LogP contribution in [0.2, 0.25) is 0 Å². The molecule has 7 nitrogen and oxygen atoms in total. The number of para-hydroxylation sites is 1. The van der Waals surface area contributed by atoms with E-state index < -0.39 is 0 Å². The van der Waals surface area contributed by atoms with Crippen LogP contribution in [-0.2, 0) is 17.6 Å². The summed E-state index contributed by atoms with van der Waals surface area (Å²) in [6.07, 6.45) is 5.13. The summed E-state index contributed by atoms with van der Waals surface area (Å²) in [6.45, 7) is 8.68.